The van der Waals surface area contributed by atoms with Gasteiger partial charge in [-0.05, 0) is 55.5 Å². The van der Waals surface area contributed by atoms with E-state index in [-0.39, 0.29) is 5.91 Å². The van der Waals surface area contributed by atoms with Gasteiger partial charge in [0.1, 0.15) is 0 Å². The molecular formula is C20H22N6O. The number of nitrogens with zero attached hydrogens (tertiary/aromatic N) is 5. The first-order valence-corrected chi connectivity index (χ1v) is 9.61. The Morgan fingerprint density at radius 1 is 1.00 bits per heavy atom. The zero-order valence-corrected chi connectivity index (χ0v) is 15.2. The maximum Gasteiger partial charge on any atom is 0.254 e. The molecule has 7 nitrogen and oxygen atoms in total. The molecule has 7 heteroatoms. The Hall–Kier alpha value is -2.96. The molecule has 3 heterocycles. The molecule has 1 saturated heterocycles. The first-order valence-electron chi connectivity index (χ1n) is 9.61. The van der Waals surface area contributed by atoms with Gasteiger partial charge in [-0.2, -0.15) is 5.10 Å². The fourth-order valence-electron chi connectivity index (χ4n) is 4.02. The predicted octanol–water partition coefficient (Wildman–Crippen LogP) is 2.19. The van der Waals surface area contributed by atoms with Crippen LogP contribution in [-0.2, 0) is 12.8 Å². The van der Waals surface area contributed by atoms with Gasteiger partial charge in [0.2, 0.25) is 0 Å². The number of hydrogen-bond donors (Lipinski definition) is 1. The summed E-state index contributed by atoms with van der Waals surface area (Å²) < 4.78 is 0. The van der Waals surface area contributed by atoms with Crippen LogP contribution < -0.4 is 4.90 Å². The van der Waals surface area contributed by atoms with E-state index in [4.69, 9.17) is 0 Å². The van der Waals surface area contributed by atoms with Crippen LogP contribution in [-0.4, -0.2) is 57.2 Å². The molecule has 0 saturated carbocycles. The highest BCUT2D eigenvalue weighted by molar-refractivity contribution is 5.97. The van der Waals surface area contributed by atoms with Gasteiger partial charge in [-0.15, -0.1) is 5.10 Å². The average molecular weight is 362 g/mol. The van der Waals surface area contributed by atoms with E-state index in [1.54, 1.807) is 6.33 Å². The molecule has 1 fully saturated rings. The van der Waals surface area contributed by atoms with Crippen LogP contribution in [0.1, 0.15) is 34.5 Å². The fraction of sp³-hybridized carbons (Fsp3) is 0.400. The molecule has 2 aromatic heterocycles. The van der Waals surface area contributed by atoms with Gasteiger partial charge in [0.15, 0.2) is 5.82 Å². The number of H-pyrrole nitrogens is 1. The third-order valence-electron chi connectivity index (χ3n) is 5.61. The number of imidazole rings is 1. The number of benzene rings is 1. The van der Waals surface area contributed by atoms with Crippen molar-refractivity contribution in [2.45, 2.75) is 25.7 Å². The highest BCUT2D eigenvalue weighted by Crippen LogP contribution is 2.23. The van der Waals surface area contributed by atoms with Gasteiger partial charge in [0.25, 0.3) is 5.91 Å². The molecule has 0 bridgehead atoms. The molecule has 0 atom stereocenters. The smallest absolute Gasteiger partial charge is 0.254 e. The van der Waals surface area contributed by atoms with Gasteiger partial charge in [-0.1, -0.05) is 0 Å². The van der Waals surface area contributed by atoms with Gasteiger partial charge >= 0.3 is 0 Å². The number of carbonyl (C=O) groups excluding carboxylic acids is 1. The number of rotatable bonds is 2. The highest BCUT2D eigenvalue weighted by Gasteiger charge is 2.24. The number of aryl methyl sites for hydroxylation is 2. The van der Waals surface area contributed by atoms with Gasteiger partial charge in [0.05, 0.1) is 23.1 Å². The largest absolute Gasteiger partial charge is 0.352 e. The molecule has 27 heavy (non-hydrogen) atoms. The second kappa shape index (κ2) is 6.64. The van der Waals surface area contributed by atoms with Crippen molar-refractivity contribution < 1.29 is 4.79 Å². The van der Waals surface area contributed by atoms with E-state index in [0.29, 0.717) is 18.7 Å². The van der Waals surface area contributed by atoms with Crippen molar-refractivity contribution >= 4 is 22.8 Å². The Bertz CT molecular complexity index is 989. The minimum absolute atomic E-state index is 0.0719. The van der Waals surface area contributed by atoms with Crippen LogP contribution in [0.2, 0.25) is 0 Å². The third-order valence-corrected chi connectivity index (χ3v) is 5.61. The van der Waals surface area contributed by atoms with Crippen molar-refractivity contribution in [3.05, 3.63) is 47.4 Å². The molecule has 1 aromatic carbocycles. The summed E-state index contributed by atoms with van der Waals surface area (Å²) in [5, 5.41) is 8.87. The molecule has 1 amide bonds. The summed E-state index contributed by atoms with van der Waals surface area (Å²) in [4.78, 5) is 24.3. The lowest BCUT2D eigenvalue weighted by Gasteiger charge is -2.35. The van der Waals surface area contributed by atoms with E-state index in [2.05, 4.69) is 31.1 Å². The van der Waals surface area contributed by atoms with Gasteiger partial charge in [-0.3, -0.25) is 4.79 Å². The van der Waals surface area contributed by atoms with Gasteiger partial charge in [-0.25, -0.2) is 4.98 Å². The van der Waals surface area contributed by atoms with Crippen LogP contribution in [0.5, 0.6) is 0 Å². The minimum Gasteiger partial charge on any atom is -0.352 e. The normalized spacial score (nSPS) is 17.2. The maximum atomic E-state index is 12.8. The summed E-state index contributed by atoms with van der Waals surface area (Å²) >= 11 is 0. The summed E-state index contributed by atoms with van der Waals surface area (Å²) in [5.41, 5.74) is 4.98. The van der Waals surface area contributed by atoms with Crippen molar-refractivity contribution in [2.24, 2.45) is 0 Å². The predicted molar refractivity (Wildman–Crippen MR) is 103 cm³/mol. The number of amides is 1. The molecule has 1 aliphatic heterocycles. The summed E-state index contributed by atoms with van der Waals surface area (Å²) in [7, 11) is 0. The van der Waals surface area contributed by atoms with Crippen LogP contribution in [0.3, 0.4) is 0 Å². The maximum absolute atomic E-state index is 12.8. The van der Waals surface area contributed by atoms with Crippen molar-refractivity contribution in [3.63, 3.8) is 0 Å². The summed E-state index contributed by atoms with van der Waals surface area (Å²) in [6.45, 7) is 2.95. The minimum atomic E-state index is 0.0719. The lowest BCUT2D eigenvalue weighted by Crippen LogP contribution is -2.49. The number of anilines is 1. The Morgan fingerprint density at radius 3 is 2.74 bits per heavy atom. The molecule has 0 unspecified atom stereocenters. The van der Waals surface area contributed by atoms with Gasteiger partial charge in [0, 0.05) is 31.7 Å². The first kappa shape index (κ1) is 16.2. The summed E-state index contributed by atoms with van der Waals surface area (Å²) in [6.07, 6.45) is 6.25. The number of piperazine rings is 1. The number of carbonyl (C=O) groups is 1. The van der Waals surface area contributed by atoms with Crippen LogP contribution in [0, 0.1) is 0 Å². The Balaban J connectivity index is 1.27. The Morgan fingerprint density at radius 2 is 1.85 bits per heavy atom. The van der Waals surface area contributed by atoms with Gasteiger partial charge < -0.3 is 14.8 Å². The van der Waals surface area contributed by atoms with E-state index in [1.807, 2.05) is 23.1 Å². The second-order valence-electron chi connectivity index (χ2n) is 7.30. The van der Waals surface area contributed by atoms with Crippen molar-refractivity contribution in [2.75, 3.05) is 31.1 Å². The van der Waals surface area contributed by atoms with E-state index >= 15 is 0 Å². The Kier molecular flexibility index (Phi) is 3.99. The van der Waals surface area contributed by atoms with Crippen LogP contribution >= 0.6 is 0 Å². The van der Waals surface area contributed by atoms with E-state index in [9.17, 15) is 4.79 Å². The van der Waals surface area contributed by atoms with Crippen LogP contribution in [0.15, 0.2) is 30.6 Å². The molecule has 2 aliphatic rings. The van der Waals surface area contributed by atoms with Crippen LogP contribution in [0.4, 0.5) is 5.82 Å². The zero-order chi connectivity index (χ0) is 18.2. The van der Waals surface area contributed by atoms with Crippen molar-refractivity contribution in [1.82, 2.24) is 25.1 Å². The standard InChI is InChI=1S/C20H22N6O/c27-20(15-5-6-17-18(11-15)22-13-21-17)26-9-7-25(8-10-26)19-12-14-3-1-2-4-16(14)23-24-19/h5-6,11-13H,1-4,7-10H2,(H,21,22). The molecule has 1 aliphatic carbocycles. The molecule has 138 valence electrons. The molecule has 0 spiro atoms. The third kappa shape index (κ3) is 3.03. The van der Waals surface area contributed by atoms with E-state index in [1.165, 1.54) is 18.4 Å². The Labute approximate surface area is 157 Å². The van der Waals surface area contributed by atoms with Crippen molar-refractivity contribution in [1.29, 1.82) is 0 Å². The quantitative estimate of drug-likeness (QED) is 0.756. The molecule has 0 radical (unpaired) electrons. The van der Waals surface area contributed by atoms with E-state index < -0.39 is 0 Å². The number of nitrogens with one attached hydrogen (secondary N) is 1. The number of aromatic nitrogens is 4. The van der Waals surface area contributed by atoms with E-state index in [0.717, 1.165) is 48.5 Å². The van der Waals surface area contributed by atoms with Crippen LogP contribution in [0.25, 0.3) is 11.0 Å². The SMILES string of the molecule is O=C(c1ccc2nc[nH]c2c1)N1CCN(c2cc3c(nn2)CCCC3)CC1. The summed E-state index contributed by atoms with van der Waals surface area (Å²) in [6, 6.07) is 7.82. The monoisotopic (exact) mass is 362 g/mol. The first-order chi connectivity index (χ1) is 13.3. The number of hydrogen-bond acceptors (Lipinski definition) is 5. The lowest BCUT2D eigenvalue weighted by atomic mass is 9.97. The lowest BCUT2D eigenvalue weighted by molar-refractivity contribution is 0.0746. The molecular weight excluding hydrogens is 340 g/mol. The fourth-order valence-corrected chi connectivity index (χ4v) is 4.02. The second-order valence-corrected chi connectivity index (χ2v) is 7.30. The molecule has 5 rings (SSSR count). The topological polar surface area (TPSA) is 78.0 Å². The number of aromatic amines is 1. The summed E-state index contributed by atoms with van der Waals surface area (Å²) in [5.74, 6) is 1.02. The molecule has 3 aromatic rings. The molecule has 1 N–H and O–H groups in total. The zero-order valence-electron chi connectivity index (χ0n) is 15.2. The highest BCUT2D eigenvalue weighted by atomic mass is 16.2. The number of fused-ring (bicyclic) bond motifs is 2. The average Bonchev–Trinajstić information content (AvgIpc) is 3.21. The van der Waals surface area contributed by atoms with Crippen molar-refractivity contribution in [3.8, 4) is 0 Å².